The lowest BCUT2D eigenvalue weighted by Gasteiger charge is -2.08. The minimum Gasteiger partial charge on any atom is -0.387 e. The summed E-state index contributed by atoms with van der Waals surface area (Å²) in [5.74, 6) is 0. The number of hydrogen-bond donors (Lipinski definition) is 1. The second-order valence-electron chi connectivity index (χ2n) is 2.78. The molecule has 2 heteroatoms. The summed E-state index contributed by atoms with van der Waals surface area (Å²) in [6.45, 7) is 9.47. The van der Waals surface area contributed by atoms with Gasteiger partial charge in [-0.15, -0.1) is 0 Å². The minimum atomic E-state index is -0.449. The molecule has 0 rings (SSSR count). The second-order valence-corrected chi connectivity index (χ2v) is 2.78. The Morgan fingerprint density at radius 1 is 1.64 bits per heavy atom. The van der Waals surface area contributed by atoms with Crippen LogP contribution in [0.2, 0.25) is 0 Å². The molecule has 0 bridgehead atoms. The average molecular weight is 155 g/mol. The molecule has 0 aliphatic carbocycles. The van der Waals surface area contributed by atoms with Crippen molar-refractivity contribution in [1.29, 1.82) is 0 Å². The third-order valence-electron chi connectivity index (χ3n) is 1.34. The van der Waals surface area contributed by atoms with Crippen LogP contribution in [-0.2, 0) is 0 Å². The standard InChI is InChI=1S/C9H17NO/c1-5-8(9(11)6-2)10-7(3)4/h5,7,9,11H,1,6H2,2-4H3. The number of hydrogen-bond acceptors (Lipinski definition) is 2. The Morgan fingerprint density at radius 2 is 2.18 bits per heavy atom. The summed E-state index contributed by atoms with van der Waals surface area (Å²) in [4.78, 5) is 4.21. The van der Waals surface area contributed by atoms with E-state index in [0.717, 1.165) is 0 Å². The Balaban J connectivity index is 4.26. The highest BCUT2D eigenvalue weighted by Gasteiger charge is 2.06. The van der Waals surface area contributed by atoms with E-state index in [4.69, 9.17) is 0 Å². The van der Waals surface area contributed by atoms with Crippen molar-refractivity contribution in [2.24, 2.45) is 4.99 Å². The predicted molar refractivity (Wildman–Crippen MR) is 49.1 cm³/mol. The fourth-order valence-electron chi connectivity index (χ4n) is 0.782. The molecule has 2 nitrogen and oxygen atoms in total. The molecule has 11 heavy (non-hydrogen) atoms. The van der Waals surface area contributed by atoms with Crippen LogP contribution in [0.15, 0.2) is 17.6 Å². The van der Waals surface area contributed by atoms with Crippen LogP contribution in [0.25, 0.3) is 0 Å². The van der Waals surface area contributed by atoms with Crippen LogP contribution in [0.5, 0.6) is 0 Å². The molecule has 0 saturated carbocycles. The lowest BCUT2D eigenvalue weighted by Crippen LogP contribution is -2.18. The first-order chi connectivity index (χ1) is 5.11. The van der Waals surface area contributed by atoms with E-state index in [2.05, 4.69) is 11.6 Å². The van der Waals surface area contributed by atoms with Crippen LogP contribution < -0.4 is 0 Å². The van der Waals surface area contributed by atoms with E-state index in [1.54, 1.807) is 6.08 Å². The van der Waals surface area contributed by atoms with Gasteiger partial charge in [-0.1, -0.05) is 13.5 Å². The first kappa shape index (κ1) is 10.4. The Morgan fingerprint density at radius 3 is 2.45 bits per heavy atom. The maximum Gasteiger partial charge on any atom is 0.0952 e. The van der Waals surface area contributed by atoms with Crippen LogP contribution in [-0.4, -0.2) is 23.0 Å². The van der Waals surface area contributed by atoms with Gasteiger partial charge < -0.3 is 5.11 Å². The third kappa shape index (κ3) is 3.94. The molecule has 0 aromatic carbocycles. The molecule has 0 aliphatic heterocycles. The molecular formula is C9H17NO. The Hall–Kier alpha value is -0.630. The Kier molecular flexibility index (Phi) is 4.79. The third-order valence-corrected chi connectivity index (χ3v) is 1.34. The average Bonchev–Trinajstić information content (AvgIpc) is 1.98. The molecule has 0 spiro atoms. The molecule has 1 unspecified atom stereocenters. The minimum absolute atomic E-state index is 0.226. The number of rotatable bonds is 4. The van der Waals surface area contributed by atoms with Crippen molar-refractivity contribution >= 4 is 5.71 Å². The highest BCUT2D eigenvalue weighted by atomic mass is 16.3. The highest BCUT2D eigenvalue weighted by molar-refractivity contribution is 5.98. The van der Waals surface area contributed by atoms with Crippen molar-refractivity contribution in [2.75, 3.05) is 0 Å². The van der Waals surface area contributed by atoms with E-state index in [0.29, 0.717) is 12.1 Å². The Bertz CT molecular complexity index is 150. The van der Waals surface area contributed by atoms with Gasteiger partial charge in [0.05, 0.1) is 11.8 Å². The quantitative estimate of drug-likeness (QED) is 0.617. The number of aliphatic imine (C=N–C) groups is 1. The maximum absolute atomic E-state index is 9.36. The molecule has 64 valence electrons. The van der Waals surface area contributed by atoms with E-state index >= 15 is 0 Å². The topological polar surface area (TPSA) is 32.6 Å². The Labute approximate surface area is 68.7 Å². The van der Waals surface area contributed by atoms with Gasteiger partial charge in [-0.3, -0.25) is 4.99 Å². The predicted octanol–water partition coefficient (Wildman–Crippen LogP) is 1.79. The molecule has 0 heterocycles. The molecule has 0 saturated heterocycles. The highest BCUT2D eigenvalue weighted by Crippen LogP contribution is 1.98. The van der Waals surface area contributed by atoms with E-state index < -0.39 is 6.10 Å². The van der Waals surface area contributed by atoms with Crippen LogP contribution in [0.3, 0.4) is 0 Å². The second kappa shape index (κ2) is 5.08. The smallest absolute Gasteiger partial charge is 0.0952 e. The molecule has 0 amide bonds. The van der Waals surface area contributed by atoms with Crippen LogP contribution in [0.1, 0.15) is 27.2 Å². The van der Waals surface area contributed by atoms with Gasteiger partial charge in [-0.05, 0) is 26.3 Å². The molecule has 0 radical (unpaired) electrons. The maximum atomic E-state index is 9.36. The van der Waals surface area contributed by atoms with Gasteiger partial charge in [-0.25, -0.2) is 0 Å². The van der Waals surface area contributed by atoms with Gasteiger partial charge in [0.25, 0.3) is 0 Å². The van der Waals surface area contributed by atoms with Crippen molar-refractivity contribution in [2.45, 2.75) is 39.3 Å². The van der Waals surface area contributed by atoms with Gasteiger partial charge >= 0.3 is 0 Å². The van der Waals surface area contributed by atoms with Crippen molar-refractivity contribution in [3.8, 4) is 0 Å². The SMILES string of the molecule is C=CC(=NC(C)C)C(O)CC. The zero-order valence-electron chi connectivity index (χ0n) is 7.54. The van der Waals surface area contributed by atoms with E-state index in [1.807, 2.05) is 20.8 Å². The van der Waals surface area contributed by atoms with Crippen molar-refractivity contribution in [3.63, 3.8) is 0 Å². The van der Waals surface area contributed by atoms with Crippen LogP contribution in [0, 0.1) is 0 Å². The number of nitrogens with zero attached hydrogens (tertiary/aromatic N) is 1. The van der Waals surface area contributed by atoms with E-state index in [9.17, 15) is 5.11 Å². The van der Waals surface area contributed by atoms with Gasteiger partial charge in [-0.2, -0.15) is 0 Å². The number of aliphatic hydroxyl groups excluding tert-OH is 1. The fourth-order valence-corrected chi connectivity index (χ4v) is 0.782. The summed E-state index contributed by atoms with van der Waals surface area (Å²) >= 11 is 0. The summed E-state index contributed by atoms with van der Waals surface area (Å²) in [7, 11) is 0. The zero-order valence-corrected chi connectivity index (χ0v) is 7.54. The number of aliphatic hydroxyl groups is 1. The molecular weight excluding hydrogens is 138 g/mol. The summed E-state index contributed by atoms with van der Waals surface area (Å²) in [5.41, 5.74) is 0.697. The summed E-state index contributed by atoms with van der Waals surface area (Å²) in [6.07, 6.45) is 1.86. The fraction of sp³-hybridized carbons (Fsp3) is 0.667. The summed E-state index contributed by atoms with van der Waals surface area (Å²) < 4.78 is 0. The molecule has 1 N–H and O–H groups in total. The molecule has 0 aromatic rings. The van der Waals surface area contributed by atoms with Crippen molar-refractivity contribution in [3.05, 3.63) is 12.7 Å². The van der Waals surface area contributed by atoms with Gasteiger partial charge in [0.15, 0.2) is 0 Å². The first-order valence-corrected chi connectivity index (χ1v) is 4.00. The van der Waals surface area contributed by atoms with Crippen molar-refractivity contribution in [1.82, 2.24) is 0 Å². The lowest BCUT2D eigenvalue weighted by atomic mass is 10.1. The van der Waals surface area contributed by atoms with E-state index in [1.165, 1.54) is 0 Å². The van der Waals surface area contributed by atoms with Gasteiger partial charge in [0, 0.05) is 6.04 Å². The first-order valence-electron chi connectivity index (χ1n) is 4.00. The molecule has 0 aliphatic rings. The van der Waals surface area contributed by atoms with Gasteiger partial charge in [0.2, 0.25) is 0 Å². The van der Waals surface area contributed by atoms with Crippen LogP contribution in [0.4, 0.5) is 0 Å². The lowest BCUT2D eigenvalue weighted by molar-refractivity contribution is 0.237. The van der Waals surface area contributed by atoms with Crippen LogP contribution >= 0.6 is 0 Å². The van der Waals surface area contributed by atoms with E-state index in [-0.39, 0.29) is 6.04 Å². The molecule has 1 atom stereocenters. The molecule has 0 aromatic heterocycles. The normalized spacial score (nSPS) is 15.2. The monoisotopic (exact) mass is 155 g/mol. The zero-order chi connectivity index (χ0) is 8.85. The molecule has 0 fully saturated rings. The summed E-state index contributed by atoms with van der Waals surface area (Å²) in [6, 6.07) is 0.226. The largest absolute Gasteiger partial charge is 0.387 e. The summed E-state index contributed by atoms with van der Waals surface area (Å²) in [5, 5.41) is 9.36. The van der Waals surface area contributed by atoms with Crippen molar-refractivity contribution < 1.29 is 5.11 Å². The van der Waals surface area contributed by atoms with Gasteiger partial charge in [0.1, 0.15) is 0 Å².